The van der Waals surface area contributed by atoms with E-state index in [-0.39, 0.29) is 22.2 Å². The number of piperidine rings is 1. The third-order valence-electron chi connectivity index (χ3n) is 4.93. The van der Waals surface area contributed by atoms with Crippen molar-refractivity contribution in [1.82, 2.24) is 10.3 Å². The number of thiazole rings is 1. The minimum atomic E-state index is -0.571. The molecular formula is C20H18FN5O3S2. The van der Waals surface area contributed by atoms with Gasteiger partial charge in [0.25, 0.3) is 11.6 Å². The van der Waals surface area contributed by atoms with E-state index in [0.717, 1.165) is 32.4 Å². The minimum Gasteiger partial charge on any atom is -0.366 e. The summed E-state index contributed by atoms with van der Waals surface area (Å²) in [5, 5.41) is 17.3. The number of amides is 1. The first-order chi connectivity index (χ1) is 14.9. The van der Waals surface area contributed by atoms with Crippen LogP contribution in [0.5, 0.6) is 0 Å². The molecule has 1 amide bonds. The molecule has 0 unspecified atom stereocenters. The van der Waals surface area contributed by atoms with Crippen LogP contribution in [0.4, 0.5) is 20.9 Å². The Bertz CT molecular complexity index is 1180. The average molecular weight is 460 g/mol. The predicted octanol–water partition coefficient (Wildman–Crippen LogP) is 4.46. The standard InChI is InChI=1S/C20H18FN5O3S2/c21-13-5-6-14-17(11-13)31-20(22-14)24-19(30)23-18(27)12-4-7-15(16(10-12)26(28)29)25-8-2-1-3-9-25/h4-7,10-11H,1-3,8-9H2,(H2,22,23,24,27,30). The molecule has 31 heavy (non-hydrogen) atoms. The zero-order valence-corrected chi connectivity index (χ0v) is 17.9. The molecule has 0 bridgehead atoms. The number of anilines is 2. The van der Waals surface area contributed by atoms with E-state index in [1.807, 2.05) is 4.90 Å². The number of nitro groups is 1. The van der Waals surface area contributed by atoms with Gasteiger partial charge in [-0.05, 0) is 61.8 Å². The lowest BCUT2D eigenvalue weighted by molar-refractivity contribution is -0.384. The van der Waals surface area contributed by atoms with Crippen LogP contribution in [-0.4, -0.2) is 34.0 Å². The van der Waals surface area contributed by atoms with Crippen molar-refractivity contribution in [3.05, 3.63) is 57.9 Å². The molecule has 0 spiro atoms. The molecule has 1 aromatic heterocycles. The number of carbonyl (C=O) groups excluding carboxylic acids is 1. The smallest absolute Gasteiger partial charge is 0.293 e. The van der Waals surface area contributed by atoms with Gasteiger partial charge in [-0.15, -0.1) is 0 Å². The molecule has 0 saturated carbocycles. The van der Waals surface area contributed by atoms with E-state index < -0.39 is 10.8 Å². The molecule has 1 fully saturated rings. The number of carbonyl (C=O) groups is 1. The lowest BCUT2D eigenvalue weighted by Crippen LogP contribution is -2.34. The van der Waals surface area contributed by atoms with Gasteiger partial charge in [0.05, 0.1) is 15.1 Å². The molecule has 1 aliphatic heterocycles. The molecule has 1 aliphatic rings. The molecule has 2 N–H and O–H groups in total. The summed E-state index contributed by atoms with van der Waals surface area (Å²) in [7, 11) is 0. The lowest BCUT2D eigenvalue weighted by Gasteiger charge is -2.28. The van der Waals surface area contributed by atoms with Crippen LogP contribution in [0.15, 0.2) is 36.4 Å². The van der Waals surface area contributed by atoms with Gasteiger partial charge in [-0.25, -0.2) is 9.37 Å². The molecule has 160 valence electrons. The van der Waals surface area contributed by atoms with Gasteiger partial charge in [-0.2, -0.15) is 0 Å². The summed E-state index contributed by atoms with van der Waals surface area (Å²) in [6.45, 7) is 1.51. The summed E-state index contributed by atoms with van der Waals surface area (Å²) in [4.78, 5) is 30.0. The SMILES string of the molecule is O=C(NC(=S)Nc1nc2ccc(F)cc2s1)c1ccc(N2CCCCC2)c([N+](=O)[O-])c1. The van der Waals surface area contributed by atoms with Crippen molar-refractivity contribution in [2.24, 2.45) is 0 Å². The topological polar surface area (TPSA) is 100 Å². The summed E-state index contributed by atoms with van der Waals surface area (Å²) in [5.41, 5.74) is 1.14. The summed E-state index contributed by atoms with van der Waals surface area (Å²) < 4.78 is 14.0. The number of thiocarbonyl (C=S) groups is 1. The Morgan fingerprint density at radius 2 is 1.97 bits per heavy atom. The van der Waals surface area contributed by atoms with Crippen molar-refractivity contribution >= 4 is 61.3 Å². The maximum Gasteiger partial charge on any atom is 0.293 e. The van der Waals surface area contributed by atoms with E-state index in [2.05, 4.69) is 15.6 Å². The highest BCUT2D eigenvalue weighted by molar-refractivity contribution is 7.80. The van der Waals surface area contributed by atoms with E-state index in [1.165, 1.54) is 29.5 Å². The monoisotopic (exact) mass is 459 g/mol. The summed E-state index contributed by atoms with van der Waals surface area (Å²) >= 11 is 6.35. The van der Waals surface area contributed by atoms with Gasteiger partial charge >= 0.3 is 0 Å². The molecule has 3 aromatic rings. The molecule has 0 atom stereocenters. The fourth-order valence-corrected chi connectivity index (χ4v) is 4.62. The van der Waals surface area contributed by atoms with Crippen LogP contribution in [0.3, 0.4) is 0 Å². The van der Waals surface area contributed by atoms with Crippen LogP contribution in [-0.2, 0) is 0 Å². The molecule has 1 saturated heterocycles. The van der Waals surface area contributed by atoms with Gasteiger partial charge in [0.2, 0.25) is 0 Å². The van der Waals surface area contributed by atoms with Gasteiger partial charge in [0, 0.05) is 24.7 Å². The second kappa shape index (κ2) is 8.90. The highest BCUT2D eigenvalue weighted by Crippen LogP contribution is 2.31. The predicted molar refractivity (Wildman–Crippen MR) is 122 cm³/mol. The van der Waals surface area contributed by atoms with Crippen LogP contribution < -0.4 is 15.5 Å². The number of rotatable bonds is 4. The molecule has 2 aromatic carbocycles. The van der Waals surface area contributed by atoms with Crippen molar-refractivity contribution in [3.8, 4) is 0 Å². The van der Waals surface area contributed by atoms with Crippen LogP contribution in [0.2, 0.25) is 0 Å². The highest BCUT2D eigenvalue weighted by atomic mass is 32.1. The molecule has 2 heterocycles. The number of nitro benzene ring substituents is 1. The van der Waals surface area contributed by atoms with Crippen molar-refractivity contribution in [2.75, 3.05) is 23.3 Å². The Morgan fingerprint density at radius 3 is 2.71 bits per heavy atom. The highest BCUT2D eigenvalue weighted by Gasteiger charge is 2.23. The van der Waals surface area contributed by atoms with Crippen molar-refractivity contribution in [1.29, 1.82) is 0 Å². The quantitative estimate of drug-likeness (QED) is 0.337. The van der Waals surface area contributed by atoms with E-state index in [0.29, 0.717) is 21.0 Å². The molecule has 11 heteroatoms. The van der Waals surface area contributed by atoms with Crippen LogP contribution in [0, 0.1) is 15.9 Å². The summed E-state index contributed by atoms with van der Waals surface area (Å²) in [6.07, 6.45) is 3.08. The zero-order valence-electron chi connectivity index (χ0n) is 16.3. The lowest BCUT2D eigenvalue weighted by atomic mass is 10.1. The molecule has 0 radical (unpaired) electrons. The molecule has 4 rings (SSSR count). The van der Waals surface area contributed by atoms with E-state index in [1.54, 1.807) is 18.2 Å². The van der Waals surface area contributed by atoms with Crippen molar-refractivity contribution < 1.29 is 14.1 Å². The first-order valence-corrected chi connectivity index (χ1v) is 10.8. The molecule has 0 aliphatic carbocycles. The number of hydrogen-bond acceptors (Lipinski definition) is 7. The third kappa shape index (κ3) is 4.78. The van der Waals surface area contributed by atoms with Crippen molar-refractivity contribution in [3.63, 3.8) is 0 Å². The number of aromatic nitrogens is 1. The van der Waals surface area contributed by atoms with E-state index >= 15 is 0 Å². The minimum absolute atomic E-state index is 0.00714. The Balaban J connectivity index is 1.47. The first kappa shape index (κ1) is 21.1. The second-order valence-electron chi connectivity index (χ2n) is 7.05. The largest absolute Gasteiger partial charge is 0.366 e. The third-order valence-corrected chi connectivity index (χ3v) is 6.07. The number of nitrogens with one attached hydrogen (secondary N) is 2. The maximum absolute atomic E-state index is 13.3. The fourth-order valence-electron chi connectivity index (χ4n) is 3.47. The Hall–Kier alpha value is -3.18. The molecule has 8 nitrogen and oxygen atoms in total. The van der Waals surface area contributed by atoms with Gasteiger partial charge in [-0.1, -0.05) is 11.3 Å². The van der Waals surface area contributed by atoms with Gasteiger partial charge in [-0.3, -0.25) is 20.2 Å². The van der Waals surface area contributed by atoms with E-state index in [9.17, 15) is 19.3 Å². The maximum atomic E-state index is 13.3. The summed E-state index contributed by atoms with van der Waals surface area (Å²) in [6, 6.07) is 8.65. The Kier molecular flexibility index (Phi) is 6.05. The fraction of sp³-hybridized carbons (Fsp3) is 0.250. The van der Waals surface area contributed by atoms with Crippen LogP contribution >= 0.6 is 23.6 Å². The molecular weight excluding hydrogens is 441 g/mol. The second-order valence-corrected chi connectivity index (χ2v) is 8.49. The zero-order chi connectivity index (χ0) is 22.0. The summed E-state index contributed by atoms with van der Waals surface area (Å²) in [5.74, 6) is -0.939. The number of nitrogens with zero attached hydrogens (tertiary/aromatic N) is 3. The number of benzene rings is 2. The number of hydrogen-bond donors (Lipinski definition) is 2. The normalized spacial score (nSPS) is 13.8. The Morgan fingerprint density at radius 1 is 1.19 bits per heavy atom. The average Bonchev–Trinajstić information content (AvgIpc) is 3.14. The van der Waals surface area contributed by atoms with Gasteiger partial charge < -0.3 is 10.2 Å². The first-order valence-electron chi connectivity index (χ1n) is 9.62. The number of fused-ring (bicyclic) bond motifs is 1. The van der Waals surface area contributed by atoms with Crippen LogP contribution in [0.1, 0.15) is 29.6 Å². The van der Waals surface area contributed by atoms with E-state index in [4.69, 9.17) is 12.2 Å². The van der Waals surface area contributed by atoms with Gasteiger partial charge in [0.15, 0.2) is 10.2 Å². The van der Waals surface area contributed by atoms with Crippen molar-refractivity contribution in [2.45, 2.75) is 19.3 Å². The van der Waals surface area contributed by atoms with Gasteiger partial charge in [0.1, 0.15) is 11.5 Å². The number of halogens is 1. The van der Waals surface area contributed by atoms with Crippen LogP contribution in [0.25, 0.3) is 10.2 Å². The Labute approximate surface area is 186 Å².